The van der Waals surface area contributed by atoms with Crippen LogP contribution in [0.2, 0.25) is 0 Å². The van der Waals surface area contributed by atoms with Crippen LogP contribution in [0.15, 0.2) is 48.5 Å². The van der Waals surface area contributed by atoms with Gasteiger partial charge in [0.1, 0.15) is 12.4 Å². The molecule has 0 saturated heterocycles. The molecule has 0 aromatic heterocycles. The van der Waals surface area contributed by atoms with Crippen LogP contribution in [0.5, 0.6) is 17.2 Å². The fourth-order valence-electron chi connectivity index (χ4n) is 2.56. The van der Waals surface area contributed by atoms with Crippen molar-refractivity contribution in [3.63, 3.8) is 0 Å². The molecule has 2 unspecified atom stereocenters. The highest BCUT2D eigenvalue weighted by molar-refractivity contribution is 6.00. The van der Waals surface area contributed by atoms with E-state index in [2.05, 4.69) is 0 Å². The zero-order chi connectivity index (χ0) is 18.5. The maximum atomic E-state index is 12.4. The quantitative estimate of drug-likeness (QED) is 0.585. The van der Waals surface area contributed by atoms with Crippen LogP contribution in [0.25, 0.3) is 0 Å². The molecule has 136 valence electrons. The van der Waals surface area contributed by atoms with Gasteiger partial charge in [-0.3, -0.25) is 4.79 Å². The molecule has 0 radical (unpaired) electrons. The van der Waals surface area contributed by atoms with Gasteiger partial charge in [0.05, 0.1) is 6.61 Å². The Morgan fingerprint density at radius 1 is 1.12 bits per heavy atom. The molecule has 0 amide bonds. The summed E-state index contributed by atoms with van der Waals surface area (Å²) in [6.07, 6.45) is -1.83. The van der Waals surface area contributed by atoms with Crippen LogP contribution in [0.3, 0.4) is 0 Å². The number of benzene rings is 2. The van der Waals surface area contributed by atoms with Crippen molar-refractivity contribution in [2.75, 3.05) is 13.2 Å². The van der Waals surface area contributed by atoms with Crippen LogP contribution in [0, 0.1) is 0 Å². The summed E-state index contributed by atoms with van der Waals surface area (Å²) in [5, 5.41) is 0. The van der Waals surface area contributed by atoms with Crippen LogP contribution >= 0.6 is 0 Å². The molecule has 1 heterocycles. The van der Waals surface area contributed by atoms with Gasteiger partial charge in [0.25, 0.3) is 0 Å². The lowest BCUT2D eigenvalue weighted by Gasteiger charge is -2.25. The van der Waals surface area contributed by atoms with Gasteiger partial charge in [-0.15, -0.1) is 0 Å². The Morgan fingerprint density at radius 2 is 1.81 bits per heavy atom. The molecular formula is C20H20O6. The molecule has 0 fully saturated rings. The van der Waals surface area contributed by atoms with E-state index in [0.717, 1.165) is 0 Å². The topological polar surface area (TPSA) is 71.1 Å². The van der Waals surface area contributed by atoms with E-state index in [0.29, 0.717) is 29.4 Å². The van der Waals surface area contributed by atoms with Crippen LogP contribution in [0.4, 0.5) is 0 Å². The summed E-state index contributed by atoms with van der Waals surface area (Å²) in [5.74, 6) is 0.811. The second-order valence-corrected chi connectivity index (χ2v) is 5.76. The van der Waals surface area contributed by atoms with E-state index in [-0.39, 0.29) is 12.4 Å². The maximum Gasteiger partial charge on any atom is 0.351 e. The number of esters is 1. The number of carbonyl (C=O) groups excluding carboxylic acids is 2. The van der Waals surface area contributed by atoms with Gasteiger partial charge in [-0.05, 0) is 50.2 Å². The van der Waals surface area contributed by atoms with Gasteiger partial charge in [0, 0.05) is 5.56 Å². The predicted molar refractivity (Wildman–Crippen MR) is 93.8 cm³/mol. The minimum absolute atomic E-state index is 0.0415. The molecule has 6 heteroatoms. The molecule has 1 aliphatic rings. The van der Waals surface area contributed by atoms with Crippen molar-refractivity contribution in [2.45, 2.75) is 26.1 Å². The minimum Gasteiger partial charge on any atom is -0.494 e. The average Bonchev–Trinajstić information content (AvgIpc) is 2.67. The predicted octanol–water partition coefficient (Wildman–Crippen LogP) is 3.04. The van der Waals surface area contributed by atoms with E-state index in [1.54, 1.807) is 42.5 Å². The largest absolute Gasteiger partial charge is 0.494 e. The van der Waals surface area contributed by atoms with E-state index in [4.69, 9.17) is 18.9 Å². The summed E-state index contributed by atoms with van der Waals surface area (Å²) in [4.78, 5) is 24.7. The van der Waals surface area contributed by atoms with Crippen molar-refractivity contribution in [2.24, 2.45) is 0 Å². The minimum atomic E-state index is -0.929. The third kappa shape index (κ3) is 3.96. The fraction of sp³-hybridized carbons (Fsp3) is 0.300. The number of ether oxygens (including phenoxy) is 4. The summed E-state index contributed by atoms with van der Waals surface area (Å²) >= 11 is 0. The highest BCUT2D eigenvalue weighted by Crippen LogP contribution is 2.31. The van der Waals surface area contributed by atoms with Gasteiger partial charge in [0.2, 0.25) is 11.9 Å². The summed E-state index contributed by atoms with van der Waals surface area (Å²) in [5.41, 5.74) is 0.444. The number of para-hydroxylation sites is 2. The highest BCUT2D eigenvalue weighted by Gasteiger charge is 2.31. The number of fused-ring (bicyclic) bond motifs is 1. The molecule has 1 aliphatic heterocycles. The van der Waals surface area contributed by atoms with E-state index in [1.165, 1.54) is 6.92 Å². The van der Waals surface area contributed by atoms with Crippen molar-refractivity contribution >= 4 is 11.8 Å². The highest BCUT2D eigenvalue weighted by atomic mass is 16.6. The standard InChI is InChI=1S/C20H20O6/c1-3-23-15-10-8-14(9-11-15)19(21)13(2)25-20(22)18-12-24-16-6-4-5-7-17(16)26-18/h4-11,13,18H,3,12H2,1-2H3. The Balaban J connectivity index is 1.59. The fourth-order valence-corrected chi connectivity index (χ4v) is 2.56. The molecule has 2 aromatic rings. The Bertz CT molecular complexity index is 783. The van der Waals surface area contributed by atoms with Crippen LogP contribution in [-0.2, 0) is 9.53 Å². The number of hydrogen-bond donors (Lipinski definition) is 0. The lowest BCUT2D eigenvalue weighted by Crippen LogP contribution is -2.40. The van der Waals surface area contributed by atoms with Crippen LogP contribution in [-0.4, -0.2) is 37.2 Å². The second-order valence-electron chi connectivity index (χ2n) is 5.76. The molecule has 0 aliphatic carbocycles. The molecule has 0 bridgehead atoms. The van der Waals surface area contributed by atoms with E-state index >= 15 is 0 Å². The van der Waals surface area contributed by atoms with Gasteiger partial charge in [-0.1, -0.05) is 12.1 Å². The van der Waals surface area contributed by atoms with Crippen molar-refractivity contribution in [3.05, 3.63) is 54.1 Å². The number of Topliss-reactive ketones (excluding diaryl/α,β-unsaturated/α-hetero) is 1. The van der Waals surface area contributed by atoms with E-state index < -0.39 is 18.2 Å². The second kappa shape index (κ2) is 7.91. The lowest BCUT2D eigenvalue weighted by molar-refractivity contribution is -0.157. The number of ketones is 1. The zero-order valence-corrected chi connectivity index (χ0v) is 14.6. The number of rotatable bonds is 6. The molecule has 0 spiro atoms. The van der Waals surface area contributed by atoms with Crippen LogP contribution in [0.1, 0.15) is 24.2 Å². The molecule has 26 heavy (non-hydrogen) atoms. The Labute approximate surface area is 151 Å². The zero-order valence-electron chi connectivity index (χ0n) is 14.6. The Kier molecular flexibility index (Phi) is 5.41. The molecule has 2 aromatic carbocycles. The third-order valence-corrected chi connectivity index (χ3v) is 3.88. The lowest BCUT2D eigenvalue weighted by atomic mass is 10.1. The maximum absolute atomic E-state index is 12.4. The molecular weight excluding hydrogens is 336 g/mol. The first-order valence-corrected chi connectivity index (χ1v) is 8.44. The monoisotopic (exact) mass is 356 g/mol. The number of hydrogen-bond acceptors (Lipinski definition) is 6. The smallest absolute Gasteiger partial charge is 0.351 e. The van der Waals surface area contributed by atoms with Gasteiger partial charge in [-0.25, -0.2) is 4.79 Å². The first kappa shape index (κ1) is 17.8. The van der Waals surface area contributed by atoms with Crippen molar-refractivity contribution < 1.29 is 28.5 Å². The average molecular weight is 356 g/mol. The summed E-state index contributed by atoms with van der Waals surface area (Å²) in [7, 11) is 0. The molecule has 3 rings (SSSR count). The normalized spacial score (nSPS) is 16.5. The van der Waals surface area contributed by atoms with E-state index in [9.17, 15) is 9.59 Å². The number of carbonyl (C=O) groups is 2. The Hall–Kier alpha value is -3.02. The van der Waals surface area contributed by atoms with Gasteiger partial charge in [0.15, 0.2) is 17.6 Å². The summed E-state index contributed by atoms with van der Waals surface area (Å²) in [6, 6.07) is 13.8. The molecule has 0 saturated carbocycles. The van der Waals surface area contributed by atoms with Gasteiger partial charge in [-0.2, -0.15) is 0 Å². The van der Waals surface area contributed by atoms with Gasteiger partial charge < -0.3 is 18.9 Å². The van der Waals surface area contributed by atoms with Gasteiger partial charge >= 0.3 is 5.97 Å². The van der Waals surface area contributed by atoms with E-state index in [1.807, 2.05) is 13.0 Å². The SMILES string of the molecule is CCOc1ccc(C(=O)C(C)OC(=O)C2COc3ccccc3O2)cc1. The molecule has 0 N–H and O–H groups in total. The summed E-state index contributed by atoms with van der Waals surface area (Å²) in [6.45, 7) is 4.01. The summed E-state index contributed by atoms with van der Waals surface area (Å²) < 4.78 is 21.7. The van der Waals surface area contributed by atoms with Crippen molar-refractivity contribution in [3.8, 4) is 17.2 Å². The third-order valence-electron chi connectivity index (χ3n) is 3.88. The van der Waals surface area contributed by atoms with Crippen molar-refractivity contribution in [1.82, 2.24) is 0 Å². The molecule has 2 atom stereocenters. The van der Waals surface area contributed by atoms with Crippen LogP contribution < -0.4 is 14.2 Å². The molecule has 6 nitrogen and oxygen atoms in total. The Morgan fingerprint density at radius 3 is 2.50 bits per heavy atom. The first-order chi connectivity index (χ1) is 12.6. The van der Waals surface area contributed by atoms with Crippen molar-refractivity contribution in [1.29, 1.82) is 0 Å². The first-order valence-electron chi connectivity index (χ1n) is 8.44.